The molecule has 0 aliphatic carbocycles. The Morgan fingerprint density at radius 2 is 2.40 bits per heavy atom. The highest BCUT2D eigenvalue weighted by Gasteiger charge is 2.14. The second-order valence-electron chi connectivity index (χ2n) is 4.33. The molecule has 15 heavy (non-hydrogen) atoms. The van der Waals surface area contributed by atoms with Gasteiger partial charge in [-0.05, 0) is 39.3 Å². The maximum atomic E-state index is 11.4. The summed E-state index contributed by atoms with van der Waals surface area (Å²) in [5.74, 6) is 0.711. The van der Waals surface area contributed by atoms with Gasteiger partial charge >= 0.3 is 0 Å². The molecule has 4 nitrogen and oxygen atoms in total. The standard InChI is InChI=1S/C11H22N2O2/c1-9(2)15-6-4-11(14)13-8-10-3-5-12-7-10/h9-10,12H,3-8H2,1-2H3,(H,13,14)/t10-/m1/s1. The zero-order valence-electron chi connectivity index (χ0n) is 9.71. The number of carbonyl (C=O) groups excluding carboxylic acids is 1. The molecule has 1 aliphatic rings. The van der Waals surface area contributed by atoms with Gasteiger partial charge in [-0.3, -0.25) is 4.79 Å². The summed E-state index contributed by atoms with van der Waals surface area (Å²) in [6.07, 6.45) is 1.85. The van der Waals surface area contributed by atoms with Crippen molar-refractivity contribution in [3.8, 4) is 0 Å². The van der Waals surface area contributed by atoms with Crippen LogP contribution in [-0.4, -0.2) is 38.3 Å². The molecule has 0 unspecified atom stereocenters. The Morgan fingerprint density at radius 1 is 1.60 bits per heavy atom. The SMILES string of the molecule is CC(C)OCCC(=O)NC[C@@H]1CCNC1. The van der Waals surface area contributed by atoms with Crippen LogP contribution in [-0.2, 0) is 9.53 Å². The molecule has 0 aromatic carbocycles. The van der Waals surface area contributed by atoms with Crippen LogP contribution < -0.4 is 10.6 Å². The lowest BCUT2D eigenvalue weighted by atomic mass is 10.1. The molecule has 88 valence electrons. The normalized spacial score (nSPS) is 20.9. The maximum absolute atomic E-state index is 11.4. The van der Waals surface area contributed by atoms with Gasteiger partial charge in [0.05, 0.1) is 12.7 Å². The number of nitrogens with one attached hydrogen (secondary N) is 2. The van der Waals surface area contributed by atoms with Gasteiger partial charge in [-0.25, -0.2) is 0 Å². The van der Waals surface area contributed by atoms with Crippen LogP contribution in [0.5, 0.6) is 0 Å². The van der Waals surface area contributed by atoms with E-state index >= 15 is 0 Å². The van der Waals surface area contributed by atoms with Crippen molar-refractivity contribution in [1.29, 1.82) is 0 Å². The minimum atomic E-state index is 0.0996. The largest absolute Gasteiger partial charge is 0.378 e. The highest BCUT2D eigenvalue weighted by molar-refractivity contribution is 5.75. The minimum absolute atomic E-state index is 0.0996. The zero-order valence-corrected chi connectivity index (χ0v) is 9.71. The summed E-state index contributed by atoms with van der Waals surface area (Å²) in [5, 5.41) is 6.22. The Labute approximate surface area is 91.8 Å². The maximum Gasteiger partial charge on any atom is 0.222 e. The van der Waals surface area contributed by atoms with Gasteiger partial charge in [0, 0.05) is 13.0 Å². The molecule has 0 spiro atoms. The van der Waals surface area contributed by atoms with Crippen molar-refractivity contribution in [1.82, 2.24) is 10.6 Å². The van der Waals surface area contributed by atoms with Crippen molar-refractivity contribution in [2.24, 2.45) is 5.92 Å². The summed E-state index contributed by atoms with van der Waals surface area (Å²) in [4.78, 5) is 11.4. The average molecular weight is 214 g/mol. The molecule has 1 fully saturated rings. The van der Waals surface area contributed by atoms with E-state index in [1.165, 1.54) is 6.42 Å². The molecule has 1 amide bonds. The summed E-state index contributed by atoms with van der Waals surface area (Å²) in [5.41, 5.74) is 0. The second kappa shape index (κ2) is 6.80. The highest BCUT2D eigenvalue weighted by atomic mass is 16.5. The fraction of sp³-hybridized carbons (Fsp3) is 0.909. The smallest absolute Gasteiger partial charge is 0.222 e. The molecule has 1 aliphatic heterocycles. The van der Waals surface area contributed by atoms with E-state index in [9.17, 15) is 4.79 Å². The molecule has 2 N–H and O–H groups in total. The van der Waals surface area contributed by atoms with Gasteiger partial charge in [0.15, 0.2) is 0 Å². The molecular weight excluding hydrogens is 192 g/mol. The van der Waals surface area contributed by atoms with E-state index in [0.29, 0.717) is 18.9 Å². The number of rotatable bonds is 6. The predicted molar refractivity (Wildman–Crippen MR) is 59.7 cm³/mol. The summed E-state index contributed by atoms with van der Waals surface area (Å²) in [6.45, 7) is 7.38. The summed E-state index contributed by atoms with van der Waals surface area (Å²) >= 11 is 0. The summed E-state index contributed by atoms with van der Waals surface area (Å²) < 4.78 is 5.31. The topological polar surface area (TPSA) is 50.4 Å². The van der Waals surface area contributed by atoms with Crippen LogP contribution >= 0.6 is 0 Å². The predicted octanol–water partition coefficient (Wildman–Crippen LogP) is 0.527. The Hall–Kier alpha value is -0.610. The zero-order chi connectivity index (χ0) is 11.1. The van der Waals surface area contributed by atoms with Crippen molar-refractivity contribution < 1.29 is 9.53 Å². The van der Waals surface area contributed by atoms with Gasteiger partial charge in [0.25, 0.3) is 0 Å². The van der Waals surface area contributed by atoms with Crippen molar-refractivity contribution >= 4 is 5.91 Å². The Bertz CT molecular complexity index is 189. The first-order valence-electron chi connectivity index (χ1n) is 5.77. The van der Waals surface area contributed by atoms with E-state index in [-0.39, 0.29) is 12.0 Å². The van der Waals surface area contributed by atoms with Crippen molar-refractivity contribution in [2.75, 3.05) is 26.2 Å². The monoisotopic (exact) mass is 214 g/mol. The van der Waals surface area contributed by atoms with Crippen molar-refractivity contribution in [2.45, 2.75) is 32.8 Å². The lowest BCUT2D eigenvalue weighted by Gasteiger charge is -2.11. The lowest BCUT2D eigenvalue weighted by Crippen LogP contribution is -2.31. The van der Waals surface area contributed by atoms with Gasteiger partial charge in [-0.1, -0.05) is 0 Å². The van der Waals surface area contributed by atoms with Gasteiger partial charge in [0.2, 0.25) is 5.91 Å². The van der Waals surface area contributed by atoms with Gasteiger partial charge < -0.3 is 15.4 Å². The molecule has 0 bridgehead atoms. The molecule has 0 aromatic heterocycles. The third-order valence-electron chi connectivity index (χ3n) is 2.53. The average Bonchev–Trinajstić information content (AvgIpc) is 2.66. The number of carbonyl (C=O) groups is 1. The van der Waals surface area contributed by atoms with Gasteiger partial charge in [-0.15, -0.1) is 0 Å². The lowest BCUT2D eigenvalue weighted by molar-refractivity contribution is -0.122. The van der Waals surface area contributed by atoms with E-state index in [1.54, 1.807) is 0 Å². The first kappa shape index (κ1) is 12.5. The van der Waals surface area contributed by atoms with Crippen LogP contribution in [0.1, 0.15) is 26.7 Å². The number of amides is 1. The molecule has 1 saturated heterocycles. The van der Waals surface area contributed by atoms with Crippen molar-refractivity contribution in [3.63, 3.8) is 0 Å². The molecule has 0 aromatic rings. The summed E-state index contributed by atoms with van der Waals surface area (Å²) in [6, 6.07) is 0. The van der Waals surface area contributed by atoms with Crippen LogP contribution in [0.2, 0.25) is 0 Å². The van der Waals surface area contributed by atoms with Gasteiger partial charge in [-0.2, -0.15) is 0 Å². The Morgan fingerprint density at radius 3 is 3.00 bits per heavy atom. The Balaban J connectivity index is 1.98. The number of hydrogen-bond acceptors (Lipinski definition) is 3. The fourth-order valence-corrected chi connectivity index (χ4v) is 1.62. The third kappa shape index (κ3) is 5.74. The van der Waals surface area contributed by atoms with Crippen LogP contribution in [0.15, 0.2) is 0 Å². The Kier molecular flexibility index (Phi) is 5.65. The van der Waals surface area contributed by atoms with E-state index in [0.717, 1.165) is 19.6 Å². The highest BCUT2D eigenvalue weighted by Crippen LogP contribution is 2.05. The van der Waals surface area contributed by atoms with E-state index in [4.69, 9.17) is 4.74 Å². The van der Waals surface area contributed by atoms with Crippen LogP contribution in [0.3, 0.4) is 0 Å². The molecule has 1 rings (SSSR count). The van der Waals surface area contributed by atoms with Crippen LogP contribution in [0.4, 0.5) is 0 Å². The molecule has 0 radical (unpaired) electrons. The fourth-order valence-electron chi connectivity index (χ4n) is 1.62. The second-order valence-corrected chi connectivity index (χ2v) is 4.33. The summed E-state index contributed by atoms with van der Waals surface area (Å²) in [7, 11) is 0. The number of ether oxygens (including phenoxy) is 1. The molecule has 1 heterocycles. The van der Waals surface area contributed by atoms with Crippen LogP contribution in [0, 0.1) is 5.92 Å². The van der Waals surface area contributed by atoms with E-state index < -0.39 is 0 Å². The van der Waals surface area contributed by atoms with Crippen molar-refractivity contribution in [3.05, 3.63) is 0 Å². The molecule has 0 saturated carbocycles. The first-order valence-corrected chi connectivity index (χ1v) is 5.77. The first-order chi connectivity index (χ1) is 7.18. The third-order valence-corrected chi connectivity index (χ3v) is 2.53. The van der Waals surface area contributed by atoms with Gasteiger partial charge in [0.1, 0.15) is 0 Å². The molecule has 1 atom stereocenters. The molecule has 4 heteroatoms. The van der Waals surface area contributed by atoms with E-state index in [1.807, 2.05) is 13.8 Å². The quantitative estimate of drug-likeness (QED) is 0.678. The number of hydrogen-bond donors (Lipinski definition) is 2. The van der Waals surface area contributed by atoms with Crippen LogP contribution in [0.25, 0.3) is 0 Å². The minimum Gasteiger partial charge on any atom is -0.378 e. The van der Waals surface area contributed by atoms with E-state index in [2.05, 4.69) is 10.6 Å². The molecular formula is C11H22N2O2.